The minimum atomic E-state index is -0.104. The first-order valence-corrected chi connectivity index (χ1v) is 6.75. The summed E-state index contributed by atoms with van der Waals surface area (Å²) in [4.78, 5) is 12.4. The number of carbonyl (C=O) groups is 1. The zero-order valence-electron chi connectivity index (χ0n) is 12.3. The second-order valence-electron chi connectivity index (χ2n) is 5.08. The summed E-state index contributed by atoms with van der Waals surface area (Å²) in [6.07, 6.45) is 1.85. The van der Waals surface area contributed by atoms with Crippen molar-refractivity contribution < 1.29 is 4.79 Å². The molecule has 21 heavy (non-hydrogen) atoms. The van der Waals surface area contributed by atoms with Crippen molar-refractivity contribution in [1.82, 2.24) is 24.6 Å². The van der Waals surface area contributed by atoms with Gasteiger partial charge in [-0.05, 0) is 13.0 Å². The van der Waals surface area contributed by atoms with E-state index in [1.54, 1.807) is 0 Å². The highest BCUT2D eigenvalue weighted by Gasteiger charge is 2.14. The summed E-state index contributed by atoms with van der Waals surface area (Å²) >= 11 is 0. The van der Waals surface area contributed by atoms with E-state index in [2.05, 4.69) is 15.5 Å². The average molecular weight is 283 g/mol. The Morgan fingerprint density at radius 3 is 2.71 bits per heavy atom. The SMILES string of the molecule is Cc1nnc(CNC(=O)c2cn(C)c3ccccc23)n1C. The highest BCUT2D eigenvalue weighted by molar-refractivity contribution is 6.06. The quantitative estimate of drug-likeness (QED) is 0.793. The Labute approximate surface area is 122 Å². The molecule has 0 radical (unpaired) electrons. The van der Waals surface area contributed by atoms with Gasteiger partial charge in [0.25, 0.3) is 5.91 Å². The monoisotopic (exact) mass is 283 g/mol. The predicted octanol–water partition coefficient (Wildman–Crippen LogP) is 1.55. The summed E-state index contributed by atoms with van der Waals surface area (Å²) in [5.41, 5.74) is 1.71. The molecule has 3 aromatic rings. The fourth-order valence-corrected chi connectivity index (χ4v) is 2.38. The number of aryl methyl sites for hydroxylation is 2. The molecule has 2 heterocycles. The molecule has 0 aliphatic carbocycles. The third-order valence-electron chi connectivity index (χ3n) is 3.73. The molecule has 6 nitrogen and oxygen atoms in total. The van der Waals surface area contributed by atoms with Crippen LogP contribution in [0.1, 0.15) is 22.0 Å². The molecule has 0 aliphatic rings. The Hall–Kier alpha value is -2.63. The number of nitrogens with one attached hydrogen (secondary N) is 1. The van der Waals surface area contributed by atoms with E-state index in [0.29, 0.717) is 12.1 Å². The lowest BCUT2D eigenvalue weighted by atomic mass is 10.1. The van der Waals surface area contributed by atoms with Gasteiger partial charge in [0, 0.05) is 31.2 Å². The zero-order chi connectivity index (χ0) is 15.0. The largest absolute Gasteiger partial charge is 0.350 e. The fourth-order valence-electron chi connectivity index (χ4n) is 2.38. The summed E-state index contributed by atoms with van der Waals surface area (Å²) in [7, 11) is 3.82. The van der Waals surface area contributed by atoms with Gasteiger partial charge < -0.3 is 14.5 Å². The molecule has 0 saturated carbocycles. The van der Waals surface area contributed by atoms with Gasteiger partial charge in [0.05, 0.1) is 12.1 Å². The Morgan fingerprint density at radius 1 is 1.24 bits per heavy atom. The number of hydrogen-bond acceptors (Lipinski definition) is 3. The summed E-state index contributed by atoms with van der Waals surface area (Å²) in [6.45, 7) is 2.24. The number of para-hydroxylation sites is 1. The molecule has 0 aliphatic heterocycles. The van der Waals surface area contributed by atoms with E-state index >= 15 is 0 Å². The third kappa shape index (κ3) is 2.29. The van der Waals surface area contributed by atoms with Crippen molar-refractivity contribution in [3.8, 4) is 0 Å². The standard InChI is InChI=1S/C15H17N5O/c1-10-17-18-14(20(10)3)8-16-15(21)12-9-19(2)13-7-5-4-6-11(12)13/h4-7,9H,8H2,1-3H3,(H,16,21). The molecule has 1 N–H and O–H groups in total. The van der Waals surface area contributed by atoms with Gasteiger partial charge in [-0.2, -0.15) is 0 Å². The second-order valence-corrected chi connectivity index (χ2v) is 5.08. The van der Waals surface area contributed by atoms with E-state index in [9.17, 15) is 4.79 Å². The molecule has 1 amide bonds. The molecule has 3 rings (SSSR count). The topological polar surface area (TPSA) is 64.7 Å². The first-order chi connectivity index (χ1) is 10.1. The first kappa shape index (κ1) is 13.4. The summed E-state index contributed by atoms with van der Waals surface area (Å²) in [6, 6.07) is 7.85. The number of fused-ring (bicyclic) bond motifs is 1. The van der Waals surface area contributed by atoms with Crippen molar-refractivity contribution in [3.05, 3.63) is 47.7 Å². The average Bonchev–Trinajstić information content (AvgIpc) is 2.99. The molecule has 0 saturated heterocycles. The third-order valence-corrected chi connectivity index (χ3v) is 3.73. The van der Waals surface area contributed by atoms with Crippen LogP contribution in [-0.4, -0.2) is 25.2 Å². The number of rotatable bonds is 3. The lowest BCUT2D eigenvalue weighted by Gasteiger charge is -2.04. The van der Waals surface area contributed by atoms with Crippen molar-refractivity contribution in [3.63, 3.8) is 0 Å². The minimum Gasteiger partial charge on any atom is -0.350 e. The van der Waals surface area contributed by atoms with Crippen LogP contribution in [-0.2, 0) is 20.6 Å². The summed E-state index contributed by atoms with van der Waals surface area (Å²) in [5.74, 6) is 1.46. The van der Waals surface area contributed by atoms with Crippen molar-refractivity contribution in [2.75, 3.05) is 0 Å². The highest BCUT2D eigenvalue weighted by Crippen LogP contribution is 2.20. The smallest absolute Gasteiger partial charge is 0.253 e. The molecule has 1 aromatic carbocycles. The molecule has 2 aromatic heterocycles. The van der Waals surface area contributed by atoms with Crippen LogP contribution in [0.2, 0.25) is 0 Å². The van der Waals surface area contributed by atoms with Crippen molar-refractivity contribution in [2.45, 2.75) is 13.5 Å². The molecule has 6 heteroatoms. The van der Waals surface area contributed by atoms with E-state index in [1.165, 1.54) is 0 Å². The van der Waals surface area contributed by atoms with E-state index < -0.39 is 0 Å². The second kappa shape index (κ2) is 5.05. The van der Waals surface area contributed by atoms with Crippen LogP contribution >= 0.6 is 0 Å². The predicted molar refractivity (Wildman–Crippen MR) is 79.8 cm³/mol. The minimum absolute atomic E-state index is 0.104. The molecule has 0 unspecified atom stereocenters. The van der Waals surface area contributed by atoms with Gasteiger partial charge in [-0.1, -0.05) is 18.2 Å². The van der Waals surface area contributed by atoms with E-state index in [0.717, 1.165) is 22.6 Å². The zero-order valence-corrected chi connectivity index (χ0v) is 12.3. The van der Waals surface area contributed by atoms with Crippen molar-refractivity contribution in [2.24, 2.45) is 14.1 Å². The molecule has 0 spiro atoms. The Kier molecular flexibility index (Phi) is 3.21. The summed E-state index contributed by atoms with van der Waals surface area (Å²) < 4.78 is 3.82. The van der Waals surface area contributed by atoms with Crippen molar-refractivity contribution >= 4 is 16.8 Å². The van der Waals surface area contributed by atoms with Crippen LogP contribution in [0.5, 0.6) is 0 Å². The molecule has 0 bridgehead atoms. The highest BCUT2D eigenvalue weighted by atomic mass is 16.1. The van der Waals surface area contributed by atoms with Crippen LogP contribution in [0.3, 0.4) is 0 Å². The van der Waals surface area contributed by atoms with Gasteiger partial charge in [0.15, 0.2) is 5.82 Å². The Bertz CT molecular complexity index is 815. The summed E-state index contributed by atoms with van der Waals surface area (Å²) in [5, 5.41) is 11.9. The lowest BCUT2D eigenvalue weighted by molar-refractivity contribution is 0.0951. The van der Waals surface area contributed by atoms with Gasteiger partial charge in [0.1, 0.15) is 5.82 Å². The maximum Gasteiger partial charge on any atom is 0.253 e. The van der Waals surface area contributed by atoms with Gasteiger partial charge in [0.2, 0.25) is 0 Å². The maximum atomic E-state index is 12.4. The number of hydrogen-bond donors (Lipinski definition) is 1. The number of amides is 1. The van der Waals surface area contributed by atoms with Gasteiger partial charge in [-0.3, -0.25) is 4.79 Å². The van der Waals surface area contributed by atoms with Crippen LogP contribution in [0, 0.1) is 6.92 Å². The molecule has 0 atom stereocenters. The van der Waals surface area contributed by atoms with Gasteiger partial charge >= 0.3 is 0 Å². The van der Waals surface area contributed by atoms with Crippen LogP contribution in [0.4, 0.5) is 0 Å². The number of benzene rings is 1. The first-order valence-electron chi connectivity index (χ1n) is 6.75. The maximum absolute atomic E-state index is 12.4. The molecule has 0 fully saturated rings. The van der Waals surface area contributed by atoms with Gasteiger partial charge in [-0.15, -0.1) is 10.2 Å². The van der Waals surface area contributed by atoms with Crippen LogP contribution in [0.25, 0.3) is 10.9 Å². The number of aromatic nitrogens is 4. The van der Waals surface area contributed by atoms with Crippen molar-refractivity contribution in [1.29, 1.82) is 0 Å². The normalized spacial score (nSPS) is 11.0. The van der Waals surface area contributed by atoms with Gasteiger partial charge in [-0.25, -0.2) is 0 Å². The Balaban J connectivity index is 1.83. The molecule has 108 valence electrons. The van der Waals surface area contributed by atoms with Crippen LogP contribution in [0.15, 0.2) is 30.5 Å². The van der Waals surface area contributed by atoms with Crippen LogP contribution < -0.4 is 5.32 Å². The van der Waals surface area contributed by atoms with E-state index in [4.69, 9.17) is 0 Å². The Morgan fingerprint density at radius 2 is 2.00 bits per heavy atom. The van der Waals surface area contributed by atoms with E-state index in [1.807, 2.05) is 60.6 Å². The fraction of sp³-hybridized carbons (Fsp3) is 0.267. The number of nitrogens with zero attached hydrogens (tertiary/aromatic N) is 4. The molecular formula is C15H17N5O. The van der Waals surface area contributed by atoms with E-state index in [-0.39, 0.29) is 5.91 Å². The molecular weight excluding hydrogens is 266 g/mol. The number of carbonyl (C=O) groups excluding carboxylic acids is 1. The lowest BCUT2D eigenvalue weighted by Crippen LogP contribution is -2.24.